The third kappa shape index (κ3) is 4.98. The number of hydrogen-bond donors (Lipinski definition) is 0. The molecule has 3 aliphatic rings. The Kier molecular flexibility index (Phi) is 8.18. The molecule has 28 heavy (non-hydrogen) atoms. The molecule has 3 saturated carbocycles. The second-order valence-electron chi connectivity index (χ2n) is 10.1. The molecule has 0 nitrogen and oxygen atoms in total. The number of hydrogen-bond acceptors (Lipinski definition) is 1. The van der Waals surface area contributed by atoms with Crippen LogP contribution in [0, 0.1) is 6.92 Å². The second-order valence-corrected chi connectivity index (χ2v) is 29.8. The molecule has 0 saturated heterocycles. The second kappa shape index (κ2) is 10.6. The van der Waals surface area contributed by atoms with Gasteiger partial charge < -0.3 is 0 Å². The summed E-state index contributed by atoms with van der Waals surface area (Å²) in [6, 6.07) is 9.55. The van der Waals surface area contributed by atoms with Gasteiger partial charge in [0.15, 0.2) is 0 Å². The number of aryl methyl sites for hydroxylation is 1. The van der Waals surface area contributed by atoms with Crippen molar-refractivity contribution in [3.05, 3.63) is 35.4 Å². The first-order valence-electron chi connectivity index (χ1n) is 12.5. The van der Waals surface area contributed by atoms with E-state index in [1.807, 2.05) is 0 Å². The average Bonchev–Trinajstić information content (AvgIpc) is 2.78. The van der Waals surface area contributed by atoms with Crippen LogP contribution < -0.4 is 0 Å². The Morgan fingerprint density at radius 2 is 1.04 bits per heavy atom. The van der Waals surface area contributed by atoms with Crippen LogP contribution in [0.2, 0.25) is 11.8 Å². The molecule has 0 unspecified atom stereocenters. The monoisotopic (exact) mass is 506 g/mol. The Hall–Kier alpha value is 0.369. The van der Waals surface area contributed by atoms with E-state index in [2.05, 4.69) is 40.1 Å². The summed E-state index contributed by atoms with van der Waals surface area (Å²) in [6.07, 6.45) is 23.6. The normalized spacial score (nSPS) is 23.8. The van der Waals surface area contributed by atoms with E-state index >= 15 is 0 Å². The molecule has 3 aliphatic carbocycles. The zero-order chi connectivity index (χ0) is 19.2. The summed E-state index contributed by atoms with van der Waals surface area (Å²) in [6.45, 7) is 2.23. The summed E-state index contributed by atoms with van der Waals surface area (Å²) < 4.78 is 3.60. The van der Waals surface area contributed by atoms with Gasteiger partial charge in [-0.2, -0.15) is 0 Å². The van der Waals surface area contributed by atoms with Gasteiger partial charge in [-0.25, -0.2) is 0 Å². The Balaban J connectivity index is 1.63. The fourth-order valence-electron chi connectivity index (χ4n) is 6.91. The molecule has 156 valence electrons. The van der Waals surface area contributed by atoms with Crippen LogP contribution in [0.25, 0.3) is 0 Å². The zero-order valence-electron chi connectivity index (χ0n) is 18.3. The first-order chi connectivity index (χ1) is 13.8. The predicted molar refractivity (Wildman–Crippen MR) is 129 cm³/mol. The van der Waals surface area contributed by atoms with Crippen molar-refractivity contribution in [1.82, 2.24) is 0 Å². The van der Waals surface area contributed by atoms with Gasteiger partial charge in [0.1, 0.15) is 0 Å². The molecule has 0 aliphatic heterocycles. The fraction of sp³-hybridized carbons (Fsp3) is 0.769. The van der Waals surface area contributed by atoms with E-state index in [4.69, 9.17) is 0 Å². The van der Waals surface area contributed by atoms with E-state index in [1.54, 1.807) is 82.6 Å². The van der Waals surface area contributed by atoms with Crippen LogP contribution in [0.15, 0.2) is 24.3 Å². The summed E-state index contributed by atoms with van der Waals surface area (Å²) in [5.74, 6) is 1.33. The summed E-state index contributed by atoms with van der Waals surface area (Å²) >= 11 is -2.37. The van der Waals surface area contributed by atoms with E-state index in [-0.39, 0.29) is 0 Å². The minimum absolute atomic E-state index is 1.20. The molecule has 0 N–H and O–H groups in total. The average molecular weight is 505 g/mol. The van der Waals surface area contributed by atoms with E-state index in [9.17, 15) is 0 Å². The summed E-state index contributed by atoms with van der Waals surface area (Å²) in [5, 5.41) is 0. The molecule has 0 atom stereocenters. The van der Waals surface area contributed by atoms with Crippen LogP contribution >= 0.6 is 8.95 Å². The van der Waals surface area contributed by atoms with Crippen LogP contribution in [0.3, 0.4) is 0 Å². The Labute approximate surface area is 181 Å². The van der Waals surface area contributed by atoms with Gasteiger partial charge in [0.25, 0.3) is 0 Å². The van der Waals surface area contributed by atoms with E-state index in [1.165, 1.54) is 42.4 Å². The summed E-state index contributed by atoms with van der Waals surface area (Å²) in [4.78, 5) is 0. The van der Waals surface area contributed by atoms with Crippen LogP contribution in [0.1, 0.15) is 107 Å². The molecule has 1 aromatic carbocycles. The first kappa shape index (κ1) is 21.6. The van der Waals surface area contributed by atoms with Crippen LogP contribution in [-0.2, 0) is 5.75 Å². The van der Waals surface area contributed by atoms with Gasteiger partial charge in [-0.1, -0.05) is 0 Å². The van der Waals surface area contributed by atoms with Crippen molar-refractivity contribution in [1.29, 1.82) is 0 Å². The van der Waals surface area contributed by atoms with Crippen LogP contribution in [-0.4, -0.2) is 17.0 Å². The first-order valence-corrected chi connectivity index (χ1v) is 21.9. The summed E-state index contributed by atoms with van der Waals surface area (Å²) in [7, 11) is 2.66. The summed E-state index contributed by atoms with van der Waals surface area (Å²) in [5.41, 5.74) is 3.02. The van der Waals surface area contributed by atoms with Gasteiger partial charge in [-0.05, 0) is 0 Å². The third-order valence-corrected chi connectivity index (χ3v) is 37.4. The SMILES string of the molecule is Cc1ccc(C[S][Sn]([CH]2CCCCC2)([CH]2CCCCC2)[CH]2CCCCC2)cc1. The molecule has 0 heterocycles. The van der Waals surface area contributed by atoms with E-state index < -0.39 is 17.0 Å². The van der Waals surface area contributed by atoms with Crippen molar-refractivity contribution >= 4 is 25.9 Å². The van der Waals surface area contributed by atoms with Gasteiger partial charge in [-0.3, -0.25) is 0 Å². The quantitative estimate of drug-likeness (QED) is 0.348. The Morgan fingerprint density at radius 3 is 1.43 bits per heavy atom. The van der Waals surface area contributed by atoms with Gasteiger partial charge >= 0.3 is 182 Å². The molecule has 3 fully saturated rings. The van der Waals surface area contributed by atoms with Crippen LogP contribution in [0.4, 0.5) is 0 Å². The molecule has 2 heteroatoms. The molecular formula is C26H42SSn. The van der Waals surface area contributed by atoms with Gasteiger partial charge in [-0.15, -0.1) is 0 Å². The molecular weight excluding hydrogens is 463 g/mol. The standard InChI is InChI=1S/C8H10S.3C6H11.Sn/c1-7-2-4-8(6-9)5-3-7;3*1-2-4-6-5-3-1;/h2-5,9H,6H2,1H3;3*1H,2-6H2;/q;;;;+1/p-1. The maximum atomic E-state index is 2.66. The van der Waals surface area contributed by atoms with Crippen molar-refractivity contribution in [3.8, 4) is 0 Å². The molecule has 0 spiro atoms. The topological polar surface area (TPSA) is 0 Å². The Morgan fingerprint density at radius 1 is 0.643 bits per heavy atom. The molecule has 0 radical (unpaired) electrons. The minimum atomic E-state index is -2.37. The molecule has 0 amide bonds. The van der Waals surface area contributed by atoms with Crippen molar-refractivity contribution in [2.24, 2.45) is 0 Å². The van der Waals surface area contributed by atoms with Gasteiger partial charge in [0, 0.05) is 0 Å². The molecule has 0 aromatic heterocycles. The fourth-order valence-corrected chi connectivity index (χ4v) is 39.5. The van der Waals surface area contributed by atoms with Crippen molar-refractivity contribution in [3.63, 3.8) is 0 Å². The predicted octanol–water partition coefficient (Wildman–Crippen LogP) is 9.18. The molecule has 4 rings (SSSR count). The van der Waals surface area contributed by atoms with Crippen molar-refractivity contribution in [2.75, 3.05) is 0 Å². The number of benzene rings is 1. The van der Waals surface area contributed by atoms with E-state index in [0.717, 1.165) is 0 Å². The van der Waals surface area contributed by atoms with Crippen LogP contribution in [0.5, 0.6) is 0 Å². The van der Waals surface area contributed by atoms with Gasteiger partial charge in [0.2, 0.25) is 0 Å². The number of rotatable bonds is 6. The molecule has 1 aromatic rings. The van der Waals surface area contributed by atoms with Crippen molar-refractivity contribution < 1.29 is 0 Å². The zero-order valence-corrected chi connectivity index (χ0v) is 21.9. The third-order valence-electron chi connectivity index (χ3n) is 8.34. The molecule has 0 bridgehead atoms. The maximum absolute atomic E-state index is 2.66. The Bertz CT molecular complexity index is 531. The van der Waals surface area contributed by atoms with E-state index in [0.29, 0.717) is 0 Å². The van der Waals surface area contributed by atoms with Gasteiger partial charge in [0.05, 0.1) is 0 Å². The van der Waals surface area contributed by atoms with Crippen molar-refractivity contribution in [2.45, 2.75) is 121 Å².